The number of hydrogen-bond acceptors (Lipinski definition) is 2. The third kappa shape index (κ3) is 2.37. The summed E-state index contributed by atoms with van der Waals surface area (Å²) in [5, 5.41) is 0. The third-order valence-corrected chi connectivity index (χ3v) is 3.77. The highest BCUT2D eigenvalue weighted by atomic mass is 16.2. The number of fused-ring (bicyclic) bond motifs is 1. The van der Waals surface area contributed by atoms with Gasteiger partial charge in [-0.1, -0.05) is 24.3 Å². The first kappa shape index (κ1) is 14.3. The number of aryl methyl sites for hydroxylation is 2. The molecule has 2 aromatic heterocycles. The van der Waals surface area contributed by atoms with Crippen molar-refractivity contribution in [1.82, 2.24) is 9.38 Å². The van der Waals surface area contributed by atoms with Gasteiger partial charge in [0.25, 0.3) is 5.91 Å². The van der Waals surface area contributed by atoms with E-state index in [9.17, 15) is 4.79 Å². The highest BCUT2D eigenvalue weighted by Gasteiger charge is 2.22. The first-order valence-electron chi connectivity index (χ1n) is 7.44. The summed E-state index contributed by atoms with van der Waals surface area (Å²) in [4.78, 5) is 19.3. The Hall–Kier alpha value is -2.62. The van der Waals surface area contributed by atoms with Gasteiger partial charge >= 0.3 is 0 Å². The summed E-state index contributed by atoms with van der Waals surface area (Å²) < 4.78 is 1.89. The number of pyridine rings is 1. The van der Waals surface area contributed by atoms with Gasteiger partial charge < -0.3 is 4.90 Å². The summed E-state index contributed by atoms with van der Waals surface area (Å²) in [5.74, 6) is -0.0238. The number of imidazole rings is 1. The van der Waals surface area contributed by atoms with Crippen LogP contribution in [0.4, 0.5) is 5.69 Å². The molecule has 0 radical (unpaired) electrons. The van der Waals surface area contributed by atoms with Crippen LogP contribution in [0.5, 0.6) is 0 Å². The number of aromatic nitrogens is 2. The smallest absolute Gasteiger partial charge is 0.277 e. The summed E-state index contributed by atoms with van der Waals surface area (Å²) in [5.41, 5.74) is 4.18. The van der Waals surface area contributed by atoms with E-state index in [-0.39, 0.29) is 5.91 Å². The zero-order chi connectivity index (χ0) is 15.7. The number of benzene rings is 1. The Morgan fingerprint density at radius 1 is 1.14 bits per heavy atom. The van der Waals surface area contributed by atoms with Crippen LogP contribution >= 0.6 is 0 Å². The van der Waals surface area contributed by atoms with E-state index in [0.29, 0.717) is 12.2 Å². The Bertz CT molecular complexity index is 821. The Balaban J connectivity index is 2.12. The van der Waals surface area contributed by atoms with Gasteiger partial charge in [0.2, 0.25) is 0 Å². The zero-order valence-corrected chi connectivity index (χ0v) is 13.1. The molecular formula is C18H19N3O. The maximum absolute atomic E-state index is 13.0. The summed E-state index contributed by atoms with van der Waals surface area (Å²) in [7, 11) is 0. The SMILES string of the molecule is CCN(C(=O)c1c(C)nc2ccc(C)cn12)c1ccccc1. The van der Waals surface area contributed by atoms with Gasteiger partial charge in [-0.05, 0) is 44.5 Å². The minimum absolute atomic E-state index is 0.0238. The van der Waals surface area contributed by atoms with Crippen LogP contribution in [0.1, 0.15) is 28.7 Å². The molecule has 0 bridgehead atoms. The average Bonchev–Trinajstić information content (AvgIpc) is 2.84. The lowest BCUT2D eigenvalue weighted by Crippen LogP contribution is -2.32. The fraction of sp³-hybridized carbons (Fsp3) is 0.222. The second-order valence-corrected chi connectivity index (χ2v) is 5.37. The first-order valence-corrected chi connectivity index (χ1v) is 7.44. The number of hydrogen-bond donors (Lipinski definition) is 0. The molecule has 2 heterocycles. The van der Waals surface area contributed by atoms with Crippen LogP contribution in [0.2, 0.25) is 0 Å². The van der Waals surface area contributed by atoms with Gasteiger partial charge in [0.15, 0.2) is 0 Å². The van der Waals surface area contributed by atoms with Gasteiger partial charge in [-0.25, -0.2) is 4.98 Å². The molecule has 0 N–H and O–H groups in total. The number of rotatable bonds is 3. The molecular weight excluding hydrogens is 274 g/mol. The second-order valence-electron chi connectivity index (χ2n) is 5.37. The molecule has 22 heavy (non-hydrogen) atoms. The molecule has 0 unspecified atom stereocenters. The van der Waals surface area contributed by atoms with Gasteiger partial charge in [-0.3, -0.25) is 9.20 Å². The topological polar surface area (TPSA) is 37.6 Å². The van der Waals surface area contributed by atoms with Crippen LogP contribution < -0.4 is 4.90 Å². The van der Waals surface area contributed by atoms with Crippen molar-refractivity contribution in [1.29, 1.82) is 0 Å². The first-order chi connectivity index (χ1) is 10.6. The zero-order valence-electron chi connectivity index (χ0n) is 13.1. The van der Waals surface area contributed by atoms with Crippen LogP contribution in [0.25, 0.3) is 5.65 Å². The lowest BCUT2D eigenvalue weighted by Gasteiger charge is -2.21. The molecule has 0 saturated heterocycles. The molecule has 0 aliphatic heterocycles. The number of anilines is 1. The molecule has 3 aromatic rings. The van der Waals surface area contributed by atoms with E-state index in [1.54, 1.807) is 4.90 Å². The van der Waals surface area contributed by atoms with Crippen LogP contribution in [0, 0.1) is 13.8 Å². The van der Waals surface area contributed by atoms with E-state index in [2.05, 4.69) is 4.98 Å². The molecule has 0 aliphatic rings. The fourth-order valence-corrected chi connectivity index (χ4v) is 2.71. The van der Waals surface area contributed by atoms with E-state index in [1.807, 2.05) is 73.8 Å². The highest BCUT2D eigenvalue weighted by Crippen LogP contribution is 2.20. The Morgan fingerprint density at radius 2 is 1.86 bits per heavy atom. The van der Waals surface area contributed by atoms with E-state index >= 15 is 0 Å². The van der Waals surface area contributed by atoms with E-state index in [4.69, 9.17) is 0 Å². The number of nitrogens with zero attached hydrogens (tertiary/aromatic N) is 3. The van der Waals surface area contributed by atoms with E-state index < -0.39 is 0 Å². The van der Waals surface area contributed by atoms with Crippen molar-refractivity contribution in [2.45, 2.75) is 20.8 Å². The molecule has 112 valence electrons. The minimum Gasteiger partial charge on any atom is -0.307 e. The second kappa shape index (κ2) is 5.64. The molecule has 3 rings (SSSR count). The number of carbonyl (C=O) groups excluding carboxylic acids is 1. The van der Waals surface area contributed by atoms with Gasteiger partial charge in [0.05, 0.1) is 5.69 Å². The predicted octanol–water partition coefficient (Wildman–Crippen LogP) is 3.62. The largest absolute Gasteiger partial charge is 0.307 e. The van der Waals surface area contributed by atoms with Crippen molar-refractivity contribution in [2.75, 3.05) is 11.4 Å². The van der Waals surface area contributed by atoms with Crippen LogP contribution in [-0.4, -0.2) is 21.8 Å². The minimum atomic E-state index is -0.0238. The average molecular weight is 293 g/mol. The molecule has 4 nitrogen and oxygen atoms in total. The van der Waals surface area contributed by atoms with Gasteiger partial charge in [0.1, 0.15) is 11.3 Å². The Kier molecular flexibility index (Phi) is 3.67. The summed E-state index contributed by atoms with van der Waals surface area (Å²) >= 11 is 0. The maximum atomic E-state index is 13.0. The number of amides is 1. The molecule has 0 aliphatic carbocycles. The van der Waals surface area contributed by atoms with Crippen molar-refractivity contribution in [2.24, 2.45) is 0 Å². The van der Waals surface area contributed by atoms with Crippen LogP contribution in [0.15, 0.2) is 48.7 Å². The molecule has 1 aromatic carbocycles. The van der Waals surface area contributed by atoms with Crippen molar-refractivity contribution in [3.63, 3.8) is 0 Å². The number of carbonyl (C=O) groups is 1. The summed E-state index contributed by atoms with van der Waals surface area (Å²) in [6, 6.07) is 13.7. The monoisotopic (exact) mass is 293 g/mol. The molecule has 0 fully saturated rings. The standard InChI is InChI=1S/C18H19N3O/c1-4-20(15-8-6-5-7-9-15)18(22)17-14(3)19-16-11-10-13(2)12-21(16)17/h5-12H,4H2,1-3H3. The normalized spacial score (nSPS) is 10.9. The summed E-state index contributed by atoms with van der Waals surface area (Å²) in [6.45, 7) is 6.49. The quantitative estimate of drug-likeness (QED) is 0.739. The number of para-hydroxylation sites is 1. The van der Waals surface area contributed by atoms with Crippen molar-refractivity contribution in [3.8, 4) is 0 Å². The van der Waals surface area contributed by atoms with Gasteiger partial charge in [-0.2, -0.15) is 0 Å². The van der Waals surface area contributed by atoms with E-state index in [0.717, 1.165) is 22.6 Å². The van der Waals surface area contributed by atoms with E-state index in [1.165, 1.54) is 0 Å². The maximum Gasteiger partial charge on any atom is 0.277 e. The molecule has 0 spiro atoms. The lowest BCUT2D eigenvalue weighted by molar-refractivity contribution is 0.0982. The van der Waals surface area contributed by atoms with Crippen LogP contribution in [0.3, 0.4) is 0 Å². The molecule has 1 amide bonds. The fourth-order valence-electron chi connectivity index (χ4n) is 2.71. The van der Waals surface area contributed by atoms with Gasteiger partial charge in [-0.15, -0.1) is 0 Å². The molecule has 0 saturated carbocycles. The molecule has 0 atom stereocenters. The highest BCUT2D eigenvalue weighted by molar-refractivity contribution is 6.06. The molecule has 4 heteroatoms. The van der Waals surface area contributed by atoms with Gasteiger partial charge in [0, 0.05) is 18.4 Å². The Morgan fingerprint density at radius 3 is 2.55 bits per heavy atom. The van der Waals surface area contributed by atoms with Crippen molar-refractivity contribution < 1.29 is 4.79 Å². The van der Waals surface area contributed by atoms with Crippen LogP contribution in [-0.2, 0) is 0 Å². The van der Waals surface area contributed by atoms with Crippen molar-refractivity contribution >= 4 is 17.2 Å². The summed E-state index contributed by atoms with van der Waals surface area (Å²) in [6.07, 6.45) is 1.96. The van der Waals surface area contributed by atoms with Crippen molar-refractivity contribution in [3.05, 3.63) is 65.6 Å². The predicted molar refractivity (Wildman–Crippen MR) is 88.5 cm³/mol. The Labute approximate surface area is 130 Å². The third-order valence-electron chi connectivity index (χ3n) is 3.77. The lowest BCUT2D eigenvalue weighted by atomic mass is 10.2.